The van der Waals surface area contributed by atoms with Gasteiger partial charge < -0.3 is 4.43 Å². The summed E-state index contributed by atoms with van der Waals surface area (Å²) in [5.74, 6) is 0. The van der Waals surface area contributed by atoms with Crippen molar-refractivity contribution in [2.24, 2.45) is 0 Å². The summed E-state index contributed by atoms with van der Waals surface area (Å²) < 4.78 is 6.67. The molecule has 2 aromatic carbocycles. The highest BCUT2D eigenvalue weighted by Crippen LogP contribution is 2.36. The van der Waals surface area contributed by atoms with Crippen molar-refractivity contribution in [3.05, 3.63) is 60.7 Å². The van der Waals surface area contributed by atoms with E-state index in [0.717, 1.165) is 6.42 Å². The Morgan fingerprint density at radius 1 is 0.826 bits per heavy atom. The molecule has 1 radical (unpaired) electrons. The van der Waals surface area contributed by atoms with Gasteiger partial charge in [0.2, 0.25) is 0 Å². The molecule has 0 aliphatic heterocycles. The number of unbranched alkanes of at least 4 members (excludes halogenated alkanes) is 1. The van der Waals surface area contributed by atoms with Crippen LogP contribution in [-0.2, 0) is 9.53 Å². The molecule has 0 heterocycles. The molecule has 0 aromatic heterocycles. The second-order valence-electron chi connectivity index (χ2n) is 6.92. The van der Waals surface area contributed by atoms with Crippen LogP contribution >= 0.6 is 0 Å². The van der Waals surface area contributed by atoms with Gasteiger partial charge in [-0.25, -0.2) is 5.11 Å². The Hall–Kier alpha value is -1.42. The molecule has 2 nitrogen and oxygen atoms in total. The zero-order chi connectivity index (χ0) is 16.8. The number of rotatable bonds is 7. The van der Waals surface area contributed by atoms with Gasteiger partial charge in [-0.2, -0.15) is 0 Å². The summed E-state index contributed by atoms with van der Waals surface area (Å²) in [6, 6.07) is 21.2. The highest BCUT2D eigenvalue weighted by molar-refractivity contribution is 6.99. The first kappa shape index (κ1) is 17.9. The summed E-state index contributed by atoms with van der Waals surface area (Å²) >= 11 is 0. The lowest BCUT2D eigenvalue weighted by atomic mass is 10.2. The second kappa shape index (κ2) is 7.91. The maximum absolute atomic E-state index is 10.7. The van der Waals surface area contributed by atoms with Gasteiger partial charge in [-0.15, -0.1) is 0 Å². The summed E-state index contributed by atoms with van der Waals surface area (Å²) in [7, 11) is -2.40. The molecule has 0 atom stereocenters. The average molecular weight is 328 g/mol. The molecule has 123 valence electrons. The molecule has 0 bridgehead atoms. The van der Waals surface area contributed by atoms with Crippen LogP contribution in [0.5, 0.6) is 0 Å². The Morgan fingerprint density at radius 2 is 1.30 bits per heavy atom. The summed E-state index contributed by atoms with van der Waals surface area (Å²) in [6.45, 7) is 7.44. The van der Waals surface area contributed by atoms with E-state index in [-0.39, 0.29) is 11.6 Å². The third kappa shape index (κ3) is 3.92. The Kier molecular flexibility index (Phi) is 6.16. The van der Waals surface area contributed by atoms with Crippen LogP contribution in [0.15, 0.2) is 60.7 Å². The number of hydrogen-bond acceptors (Lipinski definition) is 1. The largest absolute Gasteiger partial charge is 0.407 e. The van der Waals surface area contributed by atoms with Crippen LogP contribution < -0.4 is 10.4 Å². The van der Waals surface area contributed by atoms with Crippen molar-refractivity contribution in [3.63, 3.8) is 0 Å². The van der Waals surface area contributed by atoms with Crippen LogP contribution in [0.4, 0.5) is 0 Å². The third-order valence-electron chi connectivity index (χ3n) is 4.27. The summed E-state index contributed by atoms with van der Waals surface area (Å²) in [6.07, 6.45) is 1.51. The van der Waals surface area contributed by atoms with E-state index in [1.54, 1.807) is 0 Å². The van der Waals surface area contributed by atoms with E-state index in [0.29, 0.717) is 13.0 Å². The van der Waals surface area contributed by atoms with Crippen LogP contribution in [-0.4, -0.2) is 21.5 Å². The Labute approximate surface area is 141 Å². The molecule has 0 amide bonds. The van der Waals surface area contributed by atoms with Gasteiger partial charge in [0, 0.05) is 6.61 Å². The van der Waals surface area contributed by atoms with E-state index < -0.39 is 8.32 Å². The molecule has 2 rings (SSSR count). The molecule has 0 saturated carbocycles. The Morgan fingerprint density at radius 3 is 1.70 bits per heavy atom. The van der Waals surface area contributed by atoms with Gasteiger partial charge in [0.1, 0.15) is 0 Å². The average Bonchev–Trinajstić information content (AvgIpc) is 2.55. The van der Waals surface area contributed by atoms with E-state index in [1.165, 1.54) is 10.4 Å². The highest BCUT2D eigenvalue weighted by Gasteiger charge is 2.49. The van der Waals surface area contributed by atoms with Crippen molar-refractivity contribution in [1.29, 1.82) is 0 Å². The molecular formula is C20H27O2Si. The first-order chi connectivity index (χ1) is 11.0. The predicted octanol–water partition coefficient (Wildman–Crippen LogP) is 3.77. The fourth-order valence-electron chi connectivity index (χ4n) is 3.19. The molecule has 0 saturated heterocycles. The molecule has 2 aromatic rings. The molecule has 0 N–H and O–H groups in total. The van der Waals surface area contributed by atoms with Gasteiger partial charge in [-0.1, -0.05) is 81.4 Å². The minimum atomic E-state index is -2.40. The molecule has 0 spiro atoms. The van der Waals surface area contributed by atoms with Crippen molar-refractivity contribution < 1.29 is 9.53 Å². The molecule has 23 heavy (non-hydrogen) atoms. The maximum atomic E-state index is 10.7. The maximum Gasteiger partial charge on any atom is 0.261 e. The fraction of sp³-hybridized carbons (Fsp3) is 0.400. The fourth-order valence-corrected chi connectivity index (χ4v) is 7.80. The Balaban J connectivity index is 2.51. The van der Waals surface area contributed by atoms with Crippen LogP contribution in [0.25, 0.3) is 0 Å². The van der Waals surface area contributed by atoms with Gasteiger partial charge in [0.05, 0.1) is 6.61 Å². The standard InChI is InChI=1S/C20H27O2Si/c1-20(2,3)23(22-17-11-10-16-21,18-12-6-4-7-13-18)19-14-8-5-9-15-19/h4-9,12-15H,10-11,16-17H2,1-3H3. The highest BCUT2D eigenvalue weighted by atomic mass is 28.4. The van der Waals surface area contributed by atoms with Crippen molar-refractivity contribution in [1.82, 2.24) is 0 Å². The summed E-state index contributed by atoms with van der Waals surface area (Å²) in [5, 5.41) is 13.3. The first-order valence-electron chi connectivity index (χ1n) is 8.35. The molecule has 0 aliphatic carbocycles. The van der Waals surface area contributed by atoms with E-state index in [1.807, 2.05) is 12.1 Å². The van der Waals surface area contributed by atoms with Gasteiger partial charge in [-0.3, -0.25) is 0 Å². The lowest BCUT2D eigenvalue weighted by Gasteiger charge is -2.43. The predicted molar refractivity (Wildman–Crippen MR) is 98.4 cm³/mol. The molecule has 3 heteroatoms. The van der Waals surface area contributed by atoms with E-state index in [4.69, 9.17) is 4.43 Å². The molecule has 0 aliphatic rings. The molecule has 0 unspecified atom stereocenters. The Bertz CT molecular complexity index is 536. The van der Waals surface area contributed by atoms with E-state index in [2.05, 4.69) is 69.3 Å². The van der Waals surface area contributed by atoms with Crippen molar-refractivity contribution in [2.75, 3.05) is 13.2 Å². The van der Waals surface area contributed by atoms with Crippen LogP contribution in [0.1, 0.15) is 33.6 Å². The van der Waals surface area contributed by atoms with E-state index in [9.17, 15) is 5.11 Å². The van der Waals surface area contributed by atoms with E-state index >= 15 is 0 Å². The number of benzene rings is 2. The normalized spacial score (nSPS) is 12.3. The zero-order valence-corrected chi connectivity index (χ0v) is 15.4. The summed E-state index contributed by atoms with van der Waals surface area (Å²) in [5.41, 5.74) is 0. The monoisotopic (exact) mass is 327 g/mol. The molecule has 0 fully saturated rings. The van der Waals surface area contributed by atoms with Gasteiger partial charge >= 0.3 is 0 Å². The smallest absolute Gasteiger partial charge is 0.261 e. The van der Waals surface area contributed by atoms with Crippen LogP contribution in [0.2, 0.25) is 5.04 Å². The summed E-state index contributed by atoms with van der Waals surface area (Å²) in [4.78, 5) is 0. The van der Waals surface area contributed by atoms with Gasteiger partial charge in [-0.05, 0) is 28.3 Å². The quantitative estimate of drug-likeness (QED) is 0.562. The second-order valence-corrected chi connectivity index (χ2v) is 11.2. The topological polar surface area (TPSA) is 29.1 Å². The van der Waals surface area contributed by atoms with Crippen LogP contribution in [0, 0.1) is 0 Å². The van der Waals surface area contributed by atoms with Crippen molar-refractivity contribution in [2.45, 2.75) is 38.7 Å². The lowest BCUT2D eigenvalue weighted by Crippen LogP contribution is -2.66. The first-order valence-corrected chi connectivity index (χ1v) is 10.3. The van der Waals surface area contributed by atoms with Gasteiger partial charge in [0.25, 0.3) is 8.32 Å². The van der Waals surface area contributed by atoms with Crippen molar-refractivity contribution >= 4 is 18.7 Å². The third-order valence-corrected chi connectivity index (χ3v) is 9.32. The van der Waals surface area contributed by atoms with Gasteiger partial charge in [0.15, 0.2) is 0 Å². The lowest BCUT2D eigenvalue weighted by molar-refractivity contribution is 0.176. The minimum Gasteiger partial charge on any atom is -0.407 e. The zero-order valence-electron chi connectivity index (χ0n) is 14.4. The molecular weight excluding hydrogens is 300 g/mol. The number of hydrogen-bond donors (Lipinski definition) is 0. The SMILES string of the molecule is CC(C)(C)[Si](OCCCC[O])(c1ccccc1)c1ccccc1. The van der Waals surface area contributed by atoms with Crippen LogP contribution in [0.3, 0.4) is 0 Å². The minimum absolute atomic E-state index is 0.00711. The van der Waals surface area contributed by atoms with Crippen molar-refractivity contribution in [3.8, 4) is 0 Å².